The molecule has 0 aromatic heterocycles. The fourth-order valence-electron chi connectivity index (χ4n) is 2.77. The Morgan fingerprint density at radius 2 is 1.65 bits per heavy atom. The van der Waals surface area contributed by atoms with Gasteiger partial charge in [0, 0.05) is 18.4 Å². The number of hydrogen-bond acceptors (Lipinski definition) is 2. The fraction of sp³-hybridized carbons (Fsp3) is 0.786. The van der Waals surface area contributed by atoms with Crippen molar-refractivity contribution in [2.45, 2.75) is 64.6 Å². The van der Waals surface area contributed by atoms with Crippen LogP contribution in [-0.2, 0) is 9.53 Å². The Balaban J connectivity index is 2.78. The number of quaternary nitrogens is 1. The van der Waals surface area contributed by atoms with Gasteiger partial charge < -0.3 is 9.64 Å². The van der Waals surface area contributed by atoms with Crippen molar-refractivity contribution in [3.63, 3.8) is 0 Å². The summed E-state index contributed by atoms with van der Waals surface area (Å²) >= 11 is 0. The highest BCUT2D eigenvalue weighted by molar-refractivity contribution is 5.87. The van der Waals surface area contributed by atoms with Crippen LogP contribution in [0.3, 0.4) is 0 Å². The van der Waals surface area contributed by atoms with Crippen LogP contribution in [0.1, 0.15) is 47.5 Å². The zero-order valence-corrected chi connectivity index (χ0v) is 12.0. The van der Waals surface area contributed by atoms with Gasteiger partial charge >= 0.3 is 5.97 Å². The van der Waals surface area contributed by atoms with E-state index in [0.29, 0.717) is 5.57 Å². The highest BCUT2D eigenvalue weighted by atomic mass is 16.5. The van der Waals surface area contributed by atoms with E-state index in [0.717, 1.165) is 12.8 Å². The molecule has 0 aromatic rings. The normalized spacial score (nSPS) is 30.7. The van der Waals surface area contributed by atoms with Gasteiger partial charge in [-0.05, 0) is 34.6 Å². The molecule has 0 radical (unpaired) electrons. The summed E-state index contributed by atoms with van der Waals surface area (Å²) in [5.74, 6) is -0.263. The summed E-state index contributed by atoms with van der Waals surface area (Å²) in [6.45, 7) is 14.2. The van der Waals surface area contributed by atoms with E-state index in [1.807, 2.05) is 0 Å². The van der Waals surface area contributed by atoms with Crippen LogP contribution in [0.15, 0.2) is 12.2 Å². The molecule has 1 N–H and O–H groups in total. The van der Waals surface area contributed by atoms with Crippen molar-refractivity contribution in [2.24, 2.45) is 0 Å². The number of esters is 1. The third-order valence-corrected chi connectivity index (χ3v) is 4.13. The lowest BCUT2D eigenvalue weighted by Gasteiger charge is -2.49. The van der Waals surface area contributed by atoms with E-state index in [9.17, 15) is 4.79 Å². The van der Waals surface area contributed by atoms with Crippen LogP contribution in [0.4, 0.5) is 0 Å². The number of rotatable bonds is 2. The van der Waals surface area contributed by atoms with Crippen molar-refractivity contribution < 1.29 is 14.4 Å². The van der Waals surface area contributed by atoms with E-state index in [-0.39, 0.29) is 23.2 Å². The second-order valence-corrected chi connectivity index (χ2v) is 6.61. The van der Waals surface area contributed by atoms with Crippen molar-refractivity contribution in [3.8, 4) is 0 Å². The first-order valence-corrected chi connectivity index (χ1v) is 6.27. The molecule has 1 saturated heterocycles. The average molecular weight is 240 g/mol. The average Bonchev–Trinajstić information content (AvgIpc) is 2.12. The Bertz CT molecular complexity index is 313. The summed E-state index contributed by atoms with van der Waals surface area (Å²) in [4.78, 5) is 13.1. The lowest BCUT2D eigenvalue weighted by molar-refractivity contribution is -0.983. The van der Waals surface area contributed by atoms with Gasteiger partial charge in [0.15, 0.2) is 0 Å². The van der Waals surface area contributed by atoms with Gasteiger partial charge in [-0.25, -0.2) is 4.79 Å². The van der Waals surface area contributed by atoms with Crippen LogP contribution < -0.4 is 4.90 Å². The number of piperidine rings is 1. The number of nitrogens with one attached hydrogen (secondary N) is 1. The maximum atomic E-state index is 11.6. The van der Waals surface area contributed by atoms with E-state index < -0.39 is 0 Å². The molecule has 0 atom stereocenters. The zero-order valence-electron chi connectivity index (χ0n) is 12.0. The number of likely N-dealkylation sites (tertiary alicyclic amines) is 1. The number of ether oxygens (including phenoxy) is 1. The molecule has 0 aliphatic carbocycles. The highest BCUT2D eigenvalue weighted by Crippen LogP contribution is 2.26. The summed E-state index contributed by atoms with van der Waals surface area (Å²) in [5.41, 5.74) is 0.732. The summed E-state index contributed by atoms with van der Waals surface area (Å²) in [6, 6.07) is 0. The smallest absolute Gasteiger partial charge is 0.333 e. The number of carbonyl (C=O) groups is 1. The molecule has 3 nitrogen and oxygen atoms in total. The number of hydrogen-bond donors (Lipinski definition) is 1. The SMILES string of the molecule is C=C(C)C(=O)OC1CC(C)(C)[NH+](C)C(C)(C)C1. The third kappa shape index (κ3) is 3.09. The third-order valence-electron chi connectivity index (χ3n) is 4.13. The van der Waals surface area contributed by atoms with Crippen LogP contribution in [0.25, 0.3) is 0 Å². The Morgan fingerprint density at radius 1 is 1.24 bits per heavy atom. The topological polar surface area (TPSA) is 30.7 Å². The van der Waals surface area contributed by atoms with Crippen LogP contribution in [0.5, 0.6) is 0 Å². The quantitative estimate of drug-likeness (QED) is 0.583. The standard InChI is InChI=1S/C14H25NO2/c1-10(2)12(16)17-11-8-13(3,4)15(7)14(5,6)9-11/h11H,1,8-9H2,2-7H3/p+1. The maximum absolute atomic E-state index is 11.6. The summed E-state index contributed by atoms with van der Waals surface area (Å²) in [5, 5.41) is 0. The first-order chi connectivity index (χ1) is 7.56. The van der Waals surface area contributed by atoms with Crippen molar-refractivity contribution in [1.29, 1.82) is 0 Å². The number of carbonyl (C=O) groups excluding carboxylic acids is 1. The zero-order chi connectivity index (χ0) is 13.4. The molecule has 1 aliphatic heterocycles. The second-order valence-electron chi connectivity index (χ2n) is 6.61. The van der Waals surface area contributed by atoms with Gasteiger partial charge in [0.1, 0.15) is 6.10 Å². The van der Waals surface area contributed by atoms with E-state index in [4.69, 9.17) is 4.74 Å². The molecular formula is C14H26NO2+. The maximum Gasteiger partial charge on any atom is 0.333 e. The molecular weight excluding hydrogens is 214 g/mol. The predicted molar refractivity (Wildman–Crippen MR) is 69.0 cm³/mol. The molecule has 1 aliphatic rings. The molecule has 1 heterocycles. The van der Waals surface area contributed by atoms with Crippen molar-refractivity contribution in [3.05, 3.63) is 12.2 Å². The Hall–Kier alpha value is -0.830. The lowest BCUT2D eigenvalue weighted by Crippen LogP contribution is -3.24. The van der Waals surface area contributed by atoms with E-state index in [1.54, 1.807) is 6.92 Å². The van der Waals surface area contributed by atoms with Gasteiger partial charge in [-0.1, -0.05) is 6.58 Å². The molecule has 0 spiro atoms. The molecule has 0 aromatic carbocycles. The van der Waals surface area contributed by atoms with Gasteiger partial charge in [0.25, 0.3) is 0 Å². The first kappa shape index (κ1) is 14.2. The van der Waals surface area contributed by atoms with Crippen LogP contribution in [0, 0.1) is 0 Å². The van der Waals surface area contributed by atoms with Crippen LogP contribution in [-0.4, -0.2) is 30.2 Å². The van der Waals surface area contributed by atoms with Crippen molar-refractivity contribution in [2.75, 3.05) is 7.05 Å². The van der Waals surface area contributed by atoms with E-state index in [1.165, 1.54) is 4.90 Å². The highest BCUT2D eigenvalue weighted by Gasteiger charge is 2.48. The Kier molecular flexibility index (Phi) is 3.72. The Morgan fingerprint density at radius 3 is 2.00 bits per heavy atom. The lowest BCUT2D eigenvalue weighted by atomic mass is 9.79. The molecule has 0 saturated carbocycles. The molecule has 3 heteroatoms. The van der Waals surface area contributed by atoms with Gasteiger partial charge in [0.2, 0.25) is 0 Å². The molecule has 98 valence electrons. The summed E-state index contributed by atoms with van der Waals surface area (Å²) in [6.07, 6.45) is 1.82. The minimum absolute atomic E-state index is 0.00731. The minimum atomic E-state index is -0.263. The molecule has 1 rings (SSSR count). The predicted octanol–water partition coefficient (Wildman–Crippen LogP) is 1.34. The molecule has 1 fully saturated rings. The van der Waals surface area contributed by atoms with Crippen LogP contribution >= 0.6 is 0 Å². The minimum Gasteiger partial charge on any atom is -0.459 e. The summed E-state index contributed by atoms with van der Waals surface area (Å²) in [7, 11) is 2.22. The fourth-order valence-corrected chi connectivity index (χ4v) is 2.77. The van der Waals surface area contributed by atoms with Crippen molar-refractivity contribution >= 4 is 5.97 Å². The van der Waals surface area contributed by atoms with Gasteiger partial charge in [-0.3, -0.25) is 0 Å². The largest absolute Gasteiger partial charge is 0.459 e. The molecule has 0 unspecified atom stereocenters. The monoisotopic (exact) mass is 240 g/mol. The van der Waals surface area contributed by atoms with Crippen LogP contribution in [0.2, 0.25) is 0 Å². The second kappa shape index (κ2) is 4.45. The van der Waals surface area contributed by atoms with Gasteiger partial charge in [-0.2, -0.15) is 0 Å². The molecule has 0 bridgehead atoms. The van der Waals surface area contributed by atoms with E-state index in [2.05, 4.69) is 41.3 Å². The van der Waals surface area contributed by atoms with Gasteiger partial charge in [-0.15, -0.1) is 0 Å². The van der Waals surface area contributed by atoms with E-state index >= 15 is 0 Å². The first-order valence-electron chi connectivity index (χ1n) is 6.27. The molecule has 0 amide bonds. The van der Waals surface area contributed by atoms with Gasteiger partial charge in [0.05, 0.1) is 18.1 Å². The molecule has 17 heavy (non-hydrogen) atoms. The summed E-state index contributed by atoms with van der Waals surface area (Å²) < 4.78 is 5.52. The Labute approximate surface area is 105 Å². The van der Waals surface area contributed by atoms with Crippen molar-refractivity contribution in [1.82, 2.24) is 0 Å².